The maximum atomic E-state index is 12.1. The fraction of sp³-hybridized carbons (Fsp3) is 0.615. The van der Waals surface area contributed by atoms with E-state index in [4.69, 9.17) is 4.74 Å². The van der Waals surface area contributed by atoms with Crippen LogP contribution in [0, 0.1) is 0 Å². The minimum absolute atomic E-state index is 0.00971. The first-order valence-corrected chi connectivity index (χ1v) is 6.25. The molecule has 1 atom stereocenters. The van der Waals surface area contributed by atoms with Gasteiger partial charge in [0, 0.05) is 18.2 Å². The highest BCUT2D eigenvalue weighted by Crippen LogP contribution is 2.32. The van der Waals surface area contributed by atoms with E-state index in [1.165, 1.54) is 0 Å². The standard InChI is InChI=1S/C13H17F2NO2/c14-12(15)6-8-18-11-5-7-16-13-9(11)3-1-2-4-10(13)17/h5,7,10,12,17H,1-4,6,8H2. The lowest BCUT2D eigenvalue weighted by molar-refractivity contribution is 0.113. The molecule has 1 N–H and O–H groups in total. The van der Waals surface area contributed by atoms with Crippen LogP contribution in [0.4, 0.5) is 8.78 Å². The number of hydrogen-bond donors (Lipinski definition) is 1. The molecule has 5 heteroatoms. The maximum Gasteiger partial charge on any atom is 0.241 e. The van der Waals surface area contributed by atoms with E-state index in [-0.39, 0.29) is 13.0 Å². The minimum Gasteiger partial charge on any atom is -0.493 e. The maximum absolute atomic E-state index is 12.1. The van der Waals surface area contributed by atoms with E-state index in [0.29, 0.717) is 17.9 Å². The zero-order valence-corrected chi connectivity index (χ0v) is 10.1. The highest BCUT2D eigenvalue weighted by Gasteiger charge is 2.20. The molecule has 0 aliphatic heterocycles. The molecule has 0 aromatic carbocycles. The summed E-state index contributed by atoms with van der Waals surface area (Å²) < 4.78 is 29.5. The Bertz CT molecular complexity index is 399. The molecule has 1 unspecified atom stereocenters. The molecule has 3 nitrogen and oxygen atoms in total. The molecular formula is C13H17F2NO2. The van der Waals surface area contributed by atoms with Gasteiger partial charge >= 0.3 is 0 Å². The molecule has 0 radical (unpaired) electrons. The Labute approximate surface area is 105 Å². The van der Waals surface area contributed by atoms with Crippen molar-refractivity contribution in [1.82, 2.24) is 4.98 Å². The molecule has 1 aromatic rings. The van der Waals surface area contributed by atoms with Crippen LogP contribution in [-0.2, 0) is 6.42 Å². The molecule has 0 saturated heterocycles. The van der Waals surface area contributed by atoms with Gasteiger partial charge in [-0.3, -0.25) is 4.98 Å². The first-order valence-electron chi connectivity index (χ1n) is 6.25. The van der Waals surface area contributed by atoms with Crippen molar-refractivity contribution in [3.8, 4) is 5.75 Å². The van der Waals surface area contributed by atoms with Crippen molar-refractivity contribution in [1.29, 1.82) is 0 Å². The van der Waals surface area contributed by atoms with Crippen molar-refractivity contribution < 1.29 is 18.6 Å². The van der Waals surface area contributed by atoms with Crippen LogP contribution in [0.2, 0.25) is 0 Å². The van der Waals surface area contributed by atoms with Gasteiger partial charge in [-0.25, -0.2) is 8.78 Å². The van der Waals surface area contributed by atoms with Crippen LogP contribution in [-0.4, -0.2) is 23.1 Å². The average molecular weight is 257 g/mol. The predicted molar refractivity (Wildman–Crippen MR) is 62.9 cm³/mol. The lowest BCUT2D eigenvalue weighted by Gasteiger charge is -2.15. The number of nitrogens with zero attached hydrogens (tertiary/aromatic N) is 1. The van der Waals surface area contributed by atoms with Crippen molar-refractivity contribution in [2.45, 2.75) is 44.6 Å². The normalized spacial score (nSPS) is 19.4. The fourth-order valence-electron chi connectivity index (χ4n) is 2.20. The van der Waals surface area contributed by atoms with Crippen LogP contribution in [0.3, 0.4) is 0 Å². The van der Waals surface area contributed by atoms with Gasteiger partial charge in [-0.1, -0.05) is 6.42 Å². The molecular weight excluding hydrogens is 240 g/mol. The number of aromatic nitrogens is 1. The summed E-state index contributed by atoms with van der Waals surface area (Å²) in [5.41, 5.74) is 1.51. The zero-order valence-electron chi connectivity index (χ0n) is 10.1. The minimum atomic E-state index is -2.35. The summed E-state index contributed by atoms with van der Waals surface area (Å²) in [4.78, 5) is 4.19. The molecule has 0 spiro atoms. The van der Waals surface area contributed by atoms with E-state index in [9.17, 15) is 13.9 Å². The molecule has 0 amide bonds. The molecule has 1 aliphatic rings. The van der Waals surface area contributed by atoms with Crippen molar-refractivity contribution in [2.75, 3.05) is 6.61 Å². The van der Waals surface area contributed by atoms with Gasteiger partial charge in [-0.05, 0) is 25.3 Å². The fourth-order valence-corrected chi connectivity index (χ4v) is 2.20. The Morgan fingerprint density at radius 2 is 2.28 bits per heavy atom. The van der Waals surface area contributed by atoms with Gasteiger partial charge < -0.3 is 9.84 Å². The summed E-state index contributed by atoms with van der Waals surface area (Å²) in [6.07, 6.45) is 1.74. The predicted octanol–water partition coefficient (Wildman–Crippen LogP) is 2.88. The van der Waals surface area contributed by atoms with Gasteiger partial charge in [-0.2, -0.15) is 0 Å². The Morgan fingerprint density at radius 3 is 3.06 bits per heavy atom. The first-order chi connectivity index (χ1) is 8.68. The van der Waals surface area contributed by atoms with Crippen LogP contribution in [0.25, 0.3) is 0 Å². The van der Waals surface area contributed by atoms with Crippen molar-refractivity contribution in [3.63, 3.8) is 0 Å². The first kappa shape index (κ1) is 13.2. The summed E-state index contributed by atoms with van der Waals surface area (Å²) >= 11 is 0. The van der Waals surface area contributed by atoms with E-state index in [1.807, 2.05) is 0 Å². The van der Waals surface area contributed by atoms with Gasteiger partial charge in [0.1, 0.15) is 5.75 Å². The number of halogens is 2. The van der Waals surface area contributed by atoms with Gasteiger partial charge in [0.25, 0.3) is 0 Å². The molecule has 18 heavy (non-hydrogen) atoms. The summed E-state index contributed by atoms with van der Waals surface area (Å²) in [5, 5.41) is 9.94. The monoisotopic (exact) mass is 257 g/mol. The molecule has 1 aromatic heterocycles. The molecule has 0 bridgehead atoms. The van der Waals surface area contributed by atoms with E-state index in [2.05, 4.69) is 4.98 Å². The van der Waals surface area contributed by atoms with Crippen LogP contribution in [0.15, 0.2) is 12.3 Å². The molecule has 100 valence electrons. The van der Waals surface area contributed by atoms with Crippen LogP contribution in [0.1, 0.15) is 43.0 Å². The SMILES string of the molecule is OC1CCCCc2c(OCCC(F)F)ccnc21. The largest absolute Gasteiger partial charge is 0.493 e. The average Bonchev–Trinajstić information content (AvgIpc) is 2.52. The number of aliphatic hydroxyl groups is 1. The van der Waals surface area contributed by atoms with Crippen LogP contribution < -0.4 is 4.74 Å². The number of pyridine rings is 1. The van der Waals surface area contributed by atoms with E-state index in [0.717, 1.165) is 24.8 Å². The van der Waals surface area contributed by atoms with Crippen LogP contribution >= 0.6 is 0 Å². The quantitative estimate of drug-likeness (QED) is 0.843. The summed E-state index contributed by atoms with van der Waals surface area (Å²) in [5.74, 6) is 0.585. The molecule has 0 fully saturated rings. The van der Waals surface area contributed by atoms with Crippen molar-refractivity contribution in [2.24, 2.45) is 0 Å². The van der Waals surface area contributed by atoms with Gasteiger partial charge in [0.15, 0.2) is 0 Å². The second-order valence-corrected chi connectivity index (χ2v) is 4.46. The summed E-state index contributed by atoms with van der Waals surface area (Å²) in [6, 6.07) is 1.68. The lowest BCUT2D eigenvalue weighted by Crippen LogP contribution is -2.08. The van der Waals surface area contributed by atoms with Gasteiger partial charge in [0.2, 0.25) is 6.43 Å². The van der Waals surface area contributed by atoms with Crippen molar-refractivity contribution in [3.05, 3.63) is 23.5 Å². The molecule has 2 rings (SSSR count). The lowest BCUT2D eigenvalue weighted by atomic mass is 10.1. The Kier molecular flexibility index (Phi) is 4.47. The number of rotatable bonds is 4. The highest BCUT2D eigenvalue weighted by molar-refractivity contribution is 5.37. The number of fused-ring (bicyclic) bond motifs is 1. The second-order valence-electron chi connectivity index (χ2n) is 4.46. The van der Waals surface area contributed by atoms with Gasteiger partial charge in [0.05, 0.1) is 18.4 Å². The van der Waals surface area contributed by atoms with Crippen LogP contribution in [0.5, 0.6) is 5.75 Å². The number of alkyl halides is 2. The molecule has 0 saturated carbocycles. The zero-order chi connectivity index (χ0) is 13.0. The third-order valence-corrected chi connectivity index (χ3v) is 3.11. The third-order valence-electron chi connectivity index (χ3n) is 3.11. The highest BCUT2D eigenvalue weighted by atomic mass is 19.3. The molecule has 1 aliphatic carbocycles. The third kappa shape index (κ3) is 3.16. The summed E-state index contributed by atoms with van der Waals surface area (Å²) in [6.45, 7) is -0.00971. The van der Waals surface area contributed by atoms with E-state index in [1.54, 1.807) is 12.3 Å². The molecule has 1 heterocycles. The number of aliphatic hydroxyl groups excluding tert-OH is 1. The van der Waals surface area contributed by atoms with Gasteiger partial charge in [-0.15, -0.1) is 0 Å². The Balaban J connectivity index is 2.13. The topological polar surface area (TPSA) is 42.4 Å². The van der Waals surface area contributed by atoms with E-state index < -0.39 is 12.5 Å². The summed E-state index contributed by atoms with van der Waals surface area (Å²) in [7, 11) is 0. The Morgan fingerprint density at radius 1 is 1.44 bits per heavy atom. The van der Waals surface area contributed by atoms with Crippen molar-refractivity contribution >= 4 is 0 Å². The van der Waals surface area contributed by atoms with E-state index >= 15 is 0 Å². The Hall–Kier alpha value is -1.23. The number of hydrogen-bond acceptors (Lipinski definition) is 3. The second kappa shape index (κ2) is 6.09. The number of ether oxygens (including phenoxy) is 1. The smallest absolute Gasteiger partial charge is 0.241 e.